The van der Waals surface area contributed by atoms with Gasteiger partial charge in [0.15, 0.2) is 5.96 Å². The number of likely N-dealkylation sites (tertiary alicyclic amines) is 2. The first-order valence-electron chi connectivity index (χ1n) is 12.2. The fourth-order valence-electron chi connectivity index (χ4n) is 5.23. The van der Waals surface area contributed by atoms with Crippen molar-refractivity contribution in [3.63, 3.8) is 0 Å². The Balaban J connectivity index is 1.35. The Morgan fingerprint density at radius 3 is 2.52 bits per heavy atom. The van der Waals surface area contributed by atoms with E-state index in [1.807, 2.05) is 14.1 Å². The number of rotatable bonds is 7. The van der Waals surface area contributed by atoms with Gasteiger partial charge in [0.2, 0.25) is 11.8 Å². The van der Waals surface area contributed by atoms with Gasteiger partial charge in [-0.1, -0.05) is 19.3 Å². The number of likely N-dealkylation sites (N-methyl/N-ethyl adjacent to an activating group) is 1. The van der Waals surface area contributed by atoms with Crippen LogP contribution in [0.3, 0.4) is 0 Å². The Morgan fingerprint density at radius 1 is 1.03 bits per heavy atom. The summed E-state index contributed by atoms with van der Waals surface area (Å²) in [7, 11) is 5.47. The molecule has 176 valence electrons. The number of hydrogen-bond donors (Lipinski definition) is 2. The van der Waals surface area contributed by atoms with Gasteiger partial charge in [-0.05, 0) is 45.1 Å². The van der Waals surface area contributed by atoms with Crippen LogP contribution < -0.4 is 10.6 Å². The van der Waals surface area contributed by atoms with Crippen LogP contribution in [0.2, 0.25) is 0 Å². The summed E-state index contributed by atoms with van der Waals surface area (Å²) in [6.45, 7) is 4.36. The zero-order valence-corrected chi connectivity index (χ0v) is 19.7. The molecule has 2 heterocycles. The van der Waals surface area contributed by atoms with Gasteiger partial charge in [-0.2, -0.15) is 0 Å². The van der Waals surface area contributed by atoms with E-state index < -0.39 is 0 Å². The SMILES string of the molecule is CN=C(NCCCN1CCCC1C(=O)N(C)C)NC1CCN(C(=O)C2CCCCC2)C1. The number of aliphatic imine (C=N–C) groups is 1. The lowest BCUT2D eigenvalue weighted by molar-refractivity contribution is -0.135. The summed E-state index contributed by atoms with van der Waals surface area (Å²) in [5.41, 5.74) is 0. The molecule has 3 rings (SSSR count). The third-order valence-corrected chi connectivity index (χ3v) is 7.02. The van der Waals surface area contributed by atoms with Crippen molar-refractivity contribution < 1.29 is 9.59 Å². The van der Waals surface area contributed by atoms with E-state index in [4.69, 9.17) is 0 Å². The number of nitrogens with one attached hydrogen (secondary N) is 2. The predicted molar refractivity (Wildman–Crippen MR) is 124 cm³/mol. The molecule has 8 nitrogen and oxygen atoms in total. The van der Waals surface area contributed by atoms with Crippen LogP contribution in [0.4, 0.5) is 0 Å². The van der Waals surface area contributed by atoms with Crippen LogP contribution in [0.5, 0.6) is 0 Å². The highest BCUT2D eigenvalue weighted by molar-refractivity contribution is 5.82. The molecule has 1 saturated carbocycles. The summed E-state index contributed by atoms with van der Waals surface area (Å²) in [6.07, 6.45) is 9.80. The number of carbonyl (C=O) groups is 2. The Labute approximate surface area is 187 Å². The standard InChI is InChI=1S/C23H42N6O2/c1-24-23(25-13-8-15-28-14-7-11-20(28)22(31)27(2)3)26-19-12-16-29(17-19)21(30)18-9-5-4-6-10-18/h18-20H,4-17H2,1-3H3,(H2,24,25,26). The summed E-state index contributed by atoms with van der Waals surface area (Å²) >= 11 is 0. The molecule has 2 atom stereocenters. The molecule has 0 aromatic heterocycles. The van der Waals surface area contributed by atoms with E-state index in [1.165, 1.54) is 19.3 Å². The number of hydrogen-bond acceptors (Lipinski definition) is 4. The first-order chi connectivity index (χ1) is 15.0. The maximum Gasteiger partial charge on any atom is 0.239 e. The summed E-state index contributed by atoms with van der Waals surface area (Å²) in [4.78, 5) is 35.5. The van der Waals surface area contributed by atoms with E-state index in [1.54, 1.807) is 11.9 Å². The molecule has 2 unspecified atom stereocenters. The molecule has 0 aromatic rings. The van der Waals surface area contributed by atoms with Gasteiger partial charge in [0.25, 0.3) is 0 Å². The maximum absolute atomic E-state index is 12.8. The predicted octanol–water partition coefficient (Wildman–Crippen LogP) is 1.28. The fraction of sp³-hybridized carbons (Fsp3) is 0.870. The van der Waals surface area contributed by atoms with Crippen molar-refractivity contribution >= 4 is 17.8 Å². The second kappa shape index (κ2) is 11.7. The molecule has 31 heavy (non-hydrogen) atoms. The average molecular weight is 435 g/mol. The lowest BCUT2D eigenvalue weighted by Crippen LogP contribution is -2.46. The molecular formula is C23H42N6O2. The van der Waals surface area contributed by atoms with E-state index in [9.17, 15) is 9.59 Å². The smallest absolute Gasteiger partial charge is 0.239 e. The van der Waals surface area contributed by atoms with E-state index in [2.05, 4.69) is 25.4 Å². The van der Waals surface area contributed by atoms with Crippen molar-refractivity contribution in [3.05, 3.63) is 0 Å². The molecule has 3 aliphatic rings. The molecule has 0 spiro atoms. The van der Waals surface area contributed by atoms with Crippen molar-refractivity contribution in [2.75, 3.05) is 53.9 Å². The minimum absolute atomic E-state index is 0.0404. The van der Waals surface area contributed by atoms with Gasteiger partial charge >= 0.3 is 0 Å². The van der Waals surface area contributed by atoms with Crippen molar-refractivity contribution in [3.8, 4) is 0 Å². The lowest BCUT2D eigenvalue weighted by Gasteiger charge is -2.26. The highest BCUT2D eigenvalue weighted by atomic mass is 16.2. The third kappa shape index (κ3) is 6.57. The topological polar surface area (TPSA) is 80.3 Å². The number of guanidine groups is 1. The second-order valence-electron chi connectivity index (χ2n) is 9.53. The molecule has 1 aliphatic carbocycles. The first-order valence-corrected chi connectivity index (χ1v) is 12.2. The van der Waals surface area contributed by atoms with Crippen molar-refractivity contribution in [2.45, 2.75) is 69.9 Å². The van der Waals surface area contributed by atoms with Gasteiger partial charge in [-0.3, -0.25) is 19.5 Å². The normalized spacial score (nSPS) is 25.6. The third-order valence-electron chi connectivity index (χ3n) is 7.02. The van der Waals surface area contributed by atoms with Crippen LogP contribution in [-0.4, -0.2) is 98.4 Å². The highest BCUT2D eigenvalue weighted by Gasteiger charge is 2.32. The Morgan fingerprint density at radius 2 is 1.81 bits per heavy atom. The molecule has 8 heteroatoms. The maximum atomic E-state index is 12.8. The van der Waals surface area contributed by atoms with E-state index in [-0.39, 0.29) is 23.9 Å². The molecule has 0 bridgehead atoms. The van der Waals surface area contributed by atoms with Crippen LogP contribution in [-0.2, 0) is 9.59 Å². The zero-order chi connectivity index (χ0) is 22.2. The van der Waals surface area contributed by atoms with Gasteiger partial charge in [-0.15, -0.1) is 0 Å². The summed E-state index contributed by atoms with van der Waals surface area (Å²) in [6, 6.07) is 0.304. The quantitative estimate of drug-likeness (QED) is 0.358. The molecule has 2 aliphatic heterocycles. The molecule has 2 N–H and O–H groups in total. The van der Waals surface area contributed by atoms with Crippen molar-refractivity contribution in [2.24, 2.45) is 10.9 Å². The van der Waals surface area contributed by atoms with Crippen LogP contribution >= 0.6 is 0 Å². The van der Waals surface area contributed by atoms with Gasteiger partial charge in [-0.25, -0.2) is 0 Å². The minimum Gasteiger partial charge on any atom is -0.356 e. The molecule has 2 saturated heterocycles. The van der Waals surface area contributed by atoms with Crippen LogP contribution in [0.15, 0.2) is 4.99 Å². The summed E-state index contributed by atoms with van der Waals surface area (Å²) in [5.74, 6) is 1.63. The number of nitrogens with zero attached hydrogens (tertiary/aromatic N) is 4. The molecule has 3 fully saturated rings. The van der Waals surface area contributed by atoms with Crippen LogP contribution in [0.1, 0.15) is 57.8 Å². The van der Waals surface area contributed by atoms with E-state index in [0.717, 1.165) is 77.2 Å². The first kappa shape index (κ1) is 23.8. The number of amides is 2. The van der Waals surface area contributed by atoms with Gasteiger partial charge in [0, 0.05) is 59.3 Å². The minimum atomic E-state index is 0.0404. The Hall–Kier alpha value is -1.83. The van der Waals surface area contributed by atoms with Gasteiger partial charge in [0.1, 0.15) is 0 Å². The second-order valence-corrected chi connectivity index (χ2v) is 9.53. The average Bonchev–Trinajstić information content (AvgIpc) is 3.45. The largest absolute Gasteiger partial charge is 0.356 e. The van der Waals surface area contributed by atoms with E-state index >= 15 is 0 Å². The summed E-state index contributed by atoms with van der Waals surface area (Å²) in [5, 5.41) is 6.90. The molecule has 2 amide bonds. The van der Waals surface area contributed by atoms with Gasteiger partial charge in [0.05, 0.1) is 6.04 Å². The van der Waals surface area contributed by atoms with Gasteiger partial charge < -0.3 is 20.4 Å². The lowest BCUT2D eigenvalue weighted by atomic mass is 9.88. The molecular weight excluding hydrogens is 392 g/mol. The van der Waals surface area contributed by atoms with E-state index in [0.29, 0.717) is 5.91 Å². The van der Waals surface area contributed by atoms with Crippen LogP contribution in [0.25, 0.3) is 0 Å². The number of carbonyl (C=O) groups excluding carboxylic acids is 2. The van der Waals surface area contributed by atoms with Crippen molar-refractivity contribution in [1.29, 1.82) is 0 Å². The van der Waals surface area contributed by atoms with Crippen molar-refractivity contribution in [1.82, 2.24) is 25.3 Å². The summed E-state index contributed by atoms with van der Waals surface area (Å²) < 4.78 is 0. The fourth-order valence-corrected chi connectivity index (χ4v) is 5.23. The molecule has 0 aromatic carbocycles. The Kier molecular flexibility index (Phi) is 8.99. The monoisotopic (exact) mass is 434 g/mol. The van der Waals surface area contributed by atoms with Crippen LogP contribution in [0, 0.1) is 5.92 Å². The zero-order valence-electron chi connectivity index (χ0n) is 19.7. The molecule has 0 radical (unpaired) electrons. The Bertz CT molecular complexity index is 632. The highest BCUT2D eigenvalue weighted by Crippen LogP contribution is 2.26.